The minimum atomic E-state index is 0.804. The lowest BCUT2D eigenvalue weighted by atomic mass is 9.92. The zero-order valence-corrected chi connectivity index (χ0v) is 30.9. The molecule has 0 unspecified atom stereocenters. The van der Waals surface area contributed by atoms with E-state index in [-0.39, 0.29) is 0 Å². The summed E-state index contributed by atoms with van der Waals surface area (Å²) in [4.78, 5) is 11.2. The molecule has 3 nitrogen and oxygen atoms in total. The summed E-state index contributed by atoms with van der Waals surface area (Å²) in [6.07, 6.45) is 0. The van der Waals surface area contributed by atoms with E-state index in [0.29, 0.717) is 0 Å². The summed E-state index contributed by atoms with van der Waals surface area (Å²) < 4.78 is 2.43. The molecule has 0 spiro atoms. The van der Waals surface area contributed by atoms with Crippen molar-refractivity contribution in [2.24, 2.45) is 0 Å². The molecule has 10 aromatic carbocycles. The Bertz CT molecular complexity index is 3530. The van der Waals surface area contributed by atoms with Gasteiger partial charge in [-0.05, 0) is 84.2 Å². The minimum absolute atomic E-state index is 0.804. The fraction of sp³-hybridized carbons (Fsp3) is 0. The molecule has 2 heterocycles. The Morgan fingerprint density at radius 2 is 0.895 bits per heavy atom. The highest BCUT2D eigenvalue weighted by atomic mass is 15.1. The van der Waals surface area contributed by atoms with Crippen LogP contribution in [-0.2, 0) is 0 Å². The summed E-state index contributed by atoms with van der Waals surface area (Å²) in [5, 5.41) is 12.2. The van der Waals surface area contributed by atoms with E-state index >= 15 is 0 Å². The minimum Gasteiger partial charge on any atom is -0.291 e. The second kappa shape index (κ2) is 12.5. The Balaban J connectivity index is 1.30. The lowest BCUT2D eigenvalue weighted by molar-refractivity contribution is 1.08. The Hall–Kier alpha value is -7.62. The predicted octanol–water partition coefficient (Wildman–Crippen LogP) is 14.3. The van der Waals surface area contributed by atoms with Crippen molar-refractivity contribution in [2.75, 3.05) is 0 Å². The highest BCUT2D eigenvalue weighted by Crippen LogP contribution is 2.46. The Labute approximate surface area is 328 Å². The molecule has 0 amide bonds. The van der Waals surface area contributed by atoms with Gasteiger partial charge in [-0.25, -0.2) is 9.97 Å². The largest absolute Gasteiger partial charge is 0.291 e. The van der Waals surface area contributed by atoms with Crippen LogP contribution >= 0.6 is 0 Å². The van der Waals surface area contributed by atoms with E-state index in [9.17, 15) is 0 Å². The Morgan fingerprint density at radius 3 is 1.63 bits per heavy atom. The van der Waals surface area contributed by atoms with Gasteiger partial charge in [-0.1, -0.05) is 176 Å². The van der Waals surface area contributed by atoms with E-state index in [1.54, 1.807) is 0 Å². The van der Waals surface area contributed by atoms with E-state index < -0.39 is 0 Å². The van der Waals surface area contributed by atoms with Gasteiger partial charge >= 0.3 is 0 Å². The van der Waals surface area contributed by atoms with Crippen molar-refractivity contribution in [2.45, 2.75) is 0 Å². The molecular weight excluding hydrogens is 691 g/mol. The SMILES string of the molecule is c1ccc(-c2ccc(-c3nc4ccccc4nc3-n3c4ccc5ccccc5c4c4ccc5c6ccccc6c6ccccc6c5c43)c(-c3ccccc3)c2)cc1. The van der Waals surface area contributed by atoms with Gasteiger partial charge in [0.2, 0.25) is 0 Å². The van der Waals surface area contributed by atoms with Crippen molar-refractivity contribution in [3.63, 3.8) is 0 Å². The number of rotatable bonds is 4. The zero-order chi connectivity index (χ0) is 37.5. The van der Waals surface area contributed by atoms with Crippen molar-refractivity contribution in [3.8, 4) is 39.3 Å². The molecule has 0 saturated heterocycles. The topological polar surface area (TPSA) is 30.7 Å². The van der Waals surface area contributed by atoms with E-state index in [1.807, 2.05) is 0 Å². The fourth-order valence-electron chi connectivity index (χ4n) is 9.23. The van der Waals surface area contributed by atoms with Gasteiger partial charge in [0.05, 0.1) is 22.1 Å². The summed E-state index contributed by atoms with van der Waals surface area (Å²) in [5.41, 5.74) is 10.4. The standard InChI is InChI=1S/C54H33N3/c1-3-15-34(16-4-1)37-27-29-44(46(33-37)35-17-5-2-6-18-35)52-54(56-48-26-14-13-25-47(48)55-52)57-49-32-28-36-19-7-8-20-38(36)50(49)45-31-30-43-41-23-10-9-21-39(41)40-22-11-12-24-42(40)51(43)53(45)57/h1-33H. The van der Waals surface area contributed by atoms with Crippen LogP contribution in [0.2, 0.25) is 0 Å². The summed E-state index contributed by atoms with van der Waals surface area (Å²) >= 11 is 0. The average molecular weight is 724 g/mol. The highest BCUT2D eigenvalue weighted by molar-refractivity contribution is 6.35. The molecule has 0 fully saturated rings. The quantitative estimate of drug-likeness (QED) is 0.169. The van der Waals surface area contributed by atoms with Crippen LogP contribution in [0.25, 0.3) is 115 Å². The predicted molar refractivity (Wildman–Crippen MR) is 240 cm³/mol. The molecule has 0 bridgehead atoms. The van der Waals surface area contributed by atoms with Gasteiger partial charge in [-0.15, -0.1) is 0 Å². The summed E-state index contributed by atoms with van der Waals surface area (Å²) in [7, 11) is 0. The summed E-state index contributed by atoms with van der Waals surface area (Å²) in [6.45, 7) is 0. The molecule has 57 heavy (non-hydrogen) atoms. The van der Waals surface area contributed by atoms with Crippen LogP contribution < -0.4 is 0 Å². The van der Waals surface area contributed by atoms with Crippen LogP contribution in [0.4, 0.5) is 0 Å². The van der Waals surface area contributed by atoms with Crippen molar-refractivity contribution >= 4 is 75.9 Å². The number of nitrogens with zero attached hydrogens (tertiary/aromatic N) is 3. The van der Waals surface area contributed by atoms with Crippen molar-refractivity contribution < 1.29 is 0 Å². The van der Waals surface area contributed by atoms with Crippen LogP contribution in [-0.4, -0.2) is 14.5 Å². The molecule has 2 aromatic heterocycles. The number of benzene rings is 10. The lowest BCUT2D eigenvalue weighted by Gasteiger charge is -2.18. The third-order valence-corrected chi connectivity index (χ3v) is 11.8. The smallest absolute Gasteiger partial charge is 0.165 e. The second-order valence-corrected chi connectivity index (χ2v) is 14.9. The van der Waals surface area contributed by atoms with Gasteiger partial charge in [-0.3, -0.25) is 4.57 Å². The van der Waals surface area contributed by atoms with E-state index in [1.165, 1.54) is 59.4 Å². The highest BCUT2D eigenvalue weighted by Gasteiger charge is 2.25. The third-order valence-electron chi connectivity index (χ3n) is 11.8. The molecular formula is C54H33N3. The number of hydrogen-bond donors (Lipinski definition) is 0. The van der Waals surface area contributed by atoms with Gasteiger partial charge in [0, 0.05) is 21.7 Å². The molecule has 0 atom stereocenters. The molecule has 0 aliphatic carbocycles. The molecule has 0 radical (unpaired) electrons. The maximum Gasteiger partial charge on any atom is 0.165 e. The molecule has 3 heteroatoms. The Morgan fingerprint density at radius 1 is 0.333 bits per heavy atom. The van der Waals surface area contributed by atoms with E-state index in [2.05, 4.69) is 205 Å². The molecule has 12 rings (SSSR count). The lowest BCUT2D eigenvalue weighted by Crippen LogP contribution is -2.05. The number of para-hydroxylation sites is 2. The first-order valence-electron chi connectivity index (χ1n) is 19.5. The van der Waals surface area contributed by atoms with Gasteiger partial charge in [-0.2, -0.15) is 0 Å². The molecule has 0 saturated carbocycles. The number of aromatic nitrogens is 3. The van der Waals surface area contributed by atoms with Gasteiger partial charge in [0.15, 0.2) is 5.82 Å². The van der Waals surface area contributed by atoms with Crippen LogP contribution in [0, 0.1) is 0 Å². The summed E-state index contributed by atoms with van der Waals surface area (Å²) in [5.74, 6) is 0.804. The molecule has 12 aromatic rings. The molecule has 0 aliphatic rings. The summed E-state index contributed by atoms with van der Waals surface area (Å²) in [6, 6.07) is 72.0. The third kappa shape index (κ3) is 4.79. The number of fused-ring (bicyclic) bond motifs is 13. The van der Waals surface area contributed by atoms with Gasteiger partial charge in [0.25, 0.3) is 0 Å². The van der Waals surface area contributed by atoms with Crippen LogP contribution in [0.15, 0.2) is 200 Å². The fourth-order valence-corrected chi connectivity index (χ4v) is 9.23. The van der Waals surface area contributed by atoms with Gasteiger partial charge < -0.3 is 0 Å². The average Bonchev–Trinajstić information content (AvgIpc) is 3.64. The van der Waals surface area contributed by atoms with Crippen molar-refractivity contribution in [3.05, 3.63) is 200 Å². The second-order valence-electron chi connectivity index (χ2n) is 14.9. The van der Waals surface area contributed by atoms with E-state index in [0.717, 1.165) is 55.8 Å². The van der Waals surface area contributed by atoms with Crippen molar-refractivity contribution in [1.82, 2.24) is 14.5 Å². The van der Waals surface area contributed by atoms with Gasteiger partial charge in [0.1, 0.15) is 5.69 Å². The van der Waals surface area contributed by atoms with Crippen LogP contribution in [0.3, 0.4) is 0 Å². The first-order chi connectivity index (χ1) is 28.3. The zero-order valence-electron chi connectivity index (χ0n) is 30.9. The normalized spacial score (nSPS) is 11.9. The maximum atomic E-state index is 5.64. The first-order valence-corrected chi connectivity index (χ1v) is 19.5. The molecule has 264 valence electrons. The number of hydrogen-bond acceptors (Lipinski definition) is 2. The Kier molecular flexibility index (Phi) is 6.93. The van der Waals surface area contributed by atoms with Crippen LogP contribution in [0.5, 0.6) is 0 Å². The maximum absolute atomic E-state index is 5.64. The molecule has 0 aliphatic heterocycles. The van der Waals surface area contributed by atoms with E-state index in [4.69, 9.17) is 9.97 Å². The van der Waals surface area contributed by atoms with Crippen LogP contribution in [0.1, 0.15) is 0 Å². The van der Waals surface area contributed by atoms with Crippen molar-refractivity contribution in [1.29, 1.82) is 0 Å². The first kappa shape index (κ1) is 31.7. The molecule has 0 N–H and O–H groups in total. The monoisotopic (exact) mass is 723 g/mol.